The van der Waals surface area contributed by atoms with Crippen LogP contribution >= 0.6 is 0 Å². The fraction of sp³-hybridized carbons (Fsp3) is 0.500. The maximum Gasteiger partial charge on any atom is 0.203 e. The highest BCUT2D eigenvalue weighted by molar-refractivity contribution is 5.79. The van der Waals surface area contributed by atoms with Gasteiger partial charge in [0, 0.05) is 13.1 Å². The van der Waals surface area contributed by atoms with Crippen LogP contribution in [0.2, 0.25) is 0 Å². The van der Waals surface area contributed by atoms with E-state index in [1.54, 1.807) is 21.3 Å². The Kier molecular flexibility index (Phi) is 9.19. The number of nitrogens with zero attached hydrogens (tertiary/aromatic N) is 1. The van der Waals surface area contributed by atoms with Gasteiger partial charge in [-0.1, -0.05) is 12.2 Å². The van der Waals surface area contributed by atoms with Gasteiger partial charge in [-0.25, -0.2) is 4.99 Å². The van der Waals surface area contributed by atoms with Crippen molar-refractivity contribution in [3.8, 4) is 17.2 Å². The highest BCUT2D eigenvalue weighted by atomic mass is 16.5. The third-order valence-corrected chi connectivity index (χ3v) is 3.33. The van der Waals surface area contributed by atoms with Crippen molar-refractivity contribution in [2.24, 2.45) is 4.99 Å². The molecule has 2 N–H and O–H groups in total. The predicted molar refractivity (Wildman–Crippen MR) is 98.3 cm³/mol. The number of allylic oxidation sites excluding steroid dienone is 1. The molecule has 0 spiro atoms. The van der Waals surface area contributed by atoms with E-state index in [1.807, 2.05) is 32.1 Å². The number of nitrogens with one attached hydrogen (secondary N) is 2. The van der Waals surface area contributed by atoms with E-state index < -0.39 is 0 Å². The zero-order valence-corrected chi connectivity index (χ0v) is 15.3. The van der Waals surface area contributed by atoms with Crippen LogP contribution < -0.4 is 24.8 Å². The van der Waals surface area contributed by atoms with Crippen LogP contribution in [-0.2, 0) is 6.54 Å². The third kappa shape index (κ3) is 6.02. The van der Waals surface area contributed by atoms with Gasteiger partial charge in [0.1, 0.15) is 0 Å². The van der Waals surface area contributed by atoms with E-state index in [2.05, 4.69) is 21.7 Å². The summed E-state index contributed by atoms with van der Waals surface area (Å²) in [4.78, 5) is 4.61. The van der Waals surface area contributed by atoms with E-state index in [1.165, 1.54) is 0 Å². The molecule has 134 valence electrons. The summed E-state index contributed by atoms with van der Waals surface area (Å²) in [7, 11) is 4.81. The highest BCUT2D eigenvalue weighted by Crippen LogP contribution is 2.38. The number of hydrogen-bond acceptors (Lipinski definition) is 4. The molecule has 0 heterocycles. The first-order valence-corrected chi connectivity index (χ1v) is 8.12. The summed E-state index contributed by atoms with van der Waals surface area (Å²) in [5.41, 5.74) is 0.982. The minimum atomic E-state index is 0.510. The van der Waals surface area contributed by atoms with Crippen molar-refractivity contribution in [3.05, 3.63) is 29.8 Å². The first-order chi connectivity index (χ1) is 11.7. The molecule has 0 atom stereocenters. The Bertz CT molecular complexity index is 531. The number of guanidine groups is 1. The molecule has 0 fully saturated rings. The quantitative estimate of drug-likeness (QED) is 0.314. The molecule has 0 unspecified atom stereocenters. The summed E-state index contributed by atoms with van der Waals surface area (Å²) in [6.07, 6.45) is 5.13. The molecule has 0 saturated heterocycles. The van der Waals surface area contributed by atoms with Gasteiger partial charge in [0.15, 0.2) is 17.5 Å². The fourth-order valence-corrected chi connectivity index (χ4v) is 2.18. The Morgan fingerprint density at radius 1 is 1.08 bits per heavy atom. The lowest BCUT2D eigenvalue weighted by atomic mass is 10.2. The molecule has 1 rings (SSSR count). The molecule has 0 aliphatic rings. The van der Waals surface area contributed by atoms with Crippen molar-refractivity contribution < 1.29 is 14.2 Å². The Morgan fingerprint density at radius 2 is 1.75 bits per heavy atom. The number of rotatable bonds is 9. The van der Waals surface area contributed by atoms with E-state index in [0.717, 1.165) is 31.0 Å². The van der Waals surface area contributed by atoms with E-state index in [0.29, 0.717) is 23.8 Å². The van der Waals surface area contributed by atoms with Crippen LogP contribution in [0.3, 0.4) is 0 Å². The Hall–Kier alpha value is -2.37. The van der Waals surface area contributed by atoms with Gasteiger partial charge in [-0.15, -0.1) is 0 Å². The van der Waals surface area contributed by atoms with Gasteiger partial charge >= 0.3 is 0 Å². The molecule has 0 radical (unpaired) electrons. The molecule has 0 aliphatic carbocycles. The van der Waals surface area contributed by atoms with Crippen LogP contribution in [0.25, 0.3) is 0 Å². The topological polar surface area (TPSA) is 64.1 Å². The van der Waals surface area contributed by atoms with Gasteiger partial charge in [-0.3, -0.25) is 0 Å². The zero-order valence-electron chi connectivity index (χ0n) is 15.3. The van der Waals surface area contributed by atoms with Crippen molar-refractivity contribution in [1.29, 1.82) is 0 Å². The van der Waals surface area contributed by atoms with Gasteiger partial charge in [-0.05, 0) is 38.0 Å². The predicted octanol–water partition coefficient (Wildman–Crippen LogP) is 2.73. The lowest BCUT2D eigenvalue weighted by molar-refractivity contribution is 0.324. The first-order valence-electron chi connectivity index (χ1n) is 8.12. The molecule has 24 heavy (non-hydrogen) atoms. The summed E-state index contributed by atoms with van der Waals surface area (Å²) in [6.45, 7) is 6.22. The molecule has 0 aliphatic heterocycles. The molecular weight excluding hydrogens is 306 g/mol. The van der Waals surface area contributed by atoms with Crippen LogP contribution in [0, 0.1) is 0 Å². The Morgan fingerprint density at radius 3 is 2.25 bits per heavy atom. The van der Waals surface area contributed by atoms with Gasteiger partial charge < -0.3 is 24.8 Å². The smallest absolute Gasteiger partial charge is 0.203 e. The fourth-order valence-electron chi connectivity index (χ4n) is 2.18. The monoisotopic (exact) mass is 335 g/mol. The second kappa shape index (κ2) is 11.2. The minimum Gasteiger partial charge on any atom is -0.493 e. The second-order valence-corrected chi connectivity index (χ2v) is 5.01. The van der Waals surface area contributed by atoms with E-state index in [9.17, 15) is 0 Å². The van der Waals surface area contributed by atoms with Gasteiger partial charge in [-0.2, -0.15) is 0 Å². The molecule has 0 saturated carbocycles. The van der Waals surface area contributed by atoms with Gasteiger partial charge in [0.25, 0.3) is 0 Å². The van der Waals surface area contributed by atoms with Crippen molar-refractivity contribution in [1.82, 2.24) is 10.6 Å². The van der Waals surface area contributed by atoms with Gasteiger partial charge in [0.05, 0.1) is 27.9 Å². The van der Waals surface area contributed by atoms with Crippen LogP contribution in [0.4, 0.5) is 0 Å². The first kappa shape index (κ1) is 19.7. The summed E-state index contributed by atoms with van der Waals surface area (Å²) in [6, 6.07) is 3.82. The standard InChI is InChI=1S/C18H29N3O3/c1-6-8-9-10-20-18(19-7-2)21-13-14-11-15(22-3)17(24-5)16(12-14)23-4/h6,8,11-12H,7,9-10,13H2,1-5H3,(H2,19,20,21). The SMILES string of the molecule is CC=CCCNC(=NCc1cc(OC)c(OC)c(OC)c1)NCC. The number of hydrogen-bond donors (Lipinski definition) is 2. The van der Waals surface area contributed by atoms with Crippen molar-refractivity contribution >= 4 is 5.96 Å². The zero-order chi connectivity index (χ0) is 17.8. The van der Waals surface area contributed by atoms with E-state index >= 15 is 0 Å². The molecule has 0 bridgehead atoms. The lowest BCUT2D eigenvalue weighted by Gasteiger charge is -2.14. The Balaban J connectivity index is 2.87. The third-order valence-electron chi connectivity index (χ3n) is 3.33. The number of benzene rings is 1. The van der Waals surface area contributed by atoms with Crippen molar-refractivity contribution in [2.75, 3.05) is 34.4 Å². The second-order valence-electron chi connectivity index (χ2n) is 5.01. The summed E-state index contributed by atoms with van der Waals surface area (Å²) >= 11 is 0. The van der Waals surface area contributed by atoms with Crippen molar-refractivity contribution in [3.63, 3.8) is 0 Å². The summed E-state index contributed by atoms with van der Waals surface area (Å²) in [5.74, 6) is 2.64. The summed E-state index contributed by atoms with van der Waals surface area (Å²) < 4.78 is 16.1. The minimum absolute atomic E-state index is 0.510. The largest absolute Gasteiger partial charge is 0.493 e. The normalized spacial score (nSPS) is 11.5. The number of ether oxygens (including phenoxy) is 3. The van der Waals surface area contributed by atoms with E-state index in [4.69, 9.17) is 14.2 Å². The van der Waals surface area contributed by atoms with Crippen LogP contribution in [0.5, 0.6) is 17.2 Å². The maximum atomic E-state index is 5.37. The summed E-state index contributed by atoms with van der Waals surface area (Å²) in [5, 5.41) is 6.54. The Labute approximate surface area is 144 Å². The van der Waals surface area contributed by atoms with E-state index in [-0.39, 0.29) is 0 Å². The average molecular weight is 335 g/mol. The van der Waals surface area contributed by atoms with Crippen LogP contribution in [0.1, 0.15) is 25.8 Å². The number of methoxy groups -OCH3 is 3. The highest BCUT2D eigenvalue weighted by Gasteiger charge is 2.13. The molecule has 6 heteroatoms. The molecule has 0 amide bonds. The molecule has 0 aromatic heterocycles. The number of aliphatic imine (C=N–C) groups is 1. The molecule has 6 nitrogen and oxygen atoms in total. The van der Waals surface area contributed by atoms with Crippen LogP contribution in [-0.4, -0.2) is 40.4 Å². The van der Waals surface area contributed by atoms with Crippen molar-refractivity contribution in [2.45, 2.75) is 26.8 Å². The average Bonchev–Trinajstić information content (AvgIpc) is 2.61. The molecule has 1 aromatic rings. The lowest BCUT2D eigenvalue weighted by Crippen LogP contribution is -2.37. The van der Waals surface area contributed by atoms with Crippen LogP contribution in [0.15, 0.2) is 29.3 Å². The maximum absolute atomic E-state index is 5.37. The molecular formula is C18H29N3O3. The van der Waals surface area contributed by atoms with Gasteiger partial charge in [0.2, 0.25) is 5.75 Å². The molecule has 1 aromatic carbocycles.